The summed E-state index contributed by atoms with van der Waals surface area (Å²) in [5.41, 5.74) is 2.33. The van der Waals surface area contributed by atoms with E-state index in [2.05, 4.69) is 5.32 Å². The van der Waals surface area contributed by atoms with Crippen molar-refractivity contribution in [2.45, 2.75) is 6.92 Å². The average Bonchev–Trinajstić information content (AvgIpc) is 2.03. The third-order valence-electron chi connectivity index (χ3n) is 1.65. The number of nitrogens with one attached hydrogen (secondary N) is 2. The van der Waals surface area contributed by atoms with Crippen molar-refractivity contribution in [1.29, 1.82) is 5.41 Å². The normalized spacial score (nSPS) is 9.58. The molecule has 12 heavy (non-hydrogen) atoms. The predicted octanol–water partition coefficient (Wildman–Crippen LogP) is 2.77. The first-order valence-electron chi connectivity index (χ1n) is 3.68. The number of halogens is 1. The van der Waals surface area contributed by atoms with Gasteiger partial charge in [0.1, 0.15) is 0 Å². The SMILES string of the molecule is CNc1cc(Cl)ccc1C(C)=N. The molecule has 0 fully saturated rings. The highest BCUT2D eigenvalue weighted by Crippen LogP contribution is 2.20. The van der Waals surface area contributed by atoms with Crippen LogP contribution >= 0.6 is 11.6 Å². The summed E-state index contributed by atoms with van der Waals surface area (Å²) >= 11 is 5.79. The number of anilines is 1. The molecular formula is C9H11ClN2. The minimum absolute atomic E-state index is 0.538. The smallest absolute Gasteiger partial charge is 0.0444 e. The first-order valence-corrected chi connectivity index (χ1v) is 4.05. The van der Waals surface area contributed by atoms with E-state index in [0.717, 1.165) is 11.3 Å². The fourth-order valence-electron chi connectivity index (χ4n) is 1.05. The monoisotopic (exact) mass is 182 g/mol. The van der Waals surface area contributed by atoms with Gasteiger partial charge in [0.25, 0.3) is 0 Å². The average molecular weight is 183 g/mol. The molecule has 2 N–H and O–H groups in total. The first-order chi connectivity index (χ1) is 5.65. The Morgan fingerprint density at radius 3 is 2.67 bits per heavy atom. The highest BCUT2D eigenvalue weighted by Gasteiger charge is 2.02. The number of hydrogen-bond acceptors (Lipinski definition) is 2. The molecule has 0 heterocycles. The van der Waals surface area contributed by atoms with Gasteiger partial charge in [0, 0.05) is 29.0 Å². The van der Waals surface area contributed by atoms with Gasteiger partial charge in [-0.2, -0.15) is 0 Å². The molecule has 0 amide bonds. The molecule has 0 atom stereocenters. The van der Waals surface area contributed by atoms with Gasteiger partial charge in [-0.25, -0.2) is 0 Å². The van der Waals surface area contributed by atoms with E-state index < -0.39 is 0 Å². The highest BCUT2D eigenvalue weighted by atomic mass is 35.5. The highest BCUT2D eigenvalue weighted by molar-refractivity contribution is 6.31. The van der Waals surface area contributed by atoms with Crippen molar-refractivity contribution in [2.24, 2.45) is 0 Å². The molecule has 0 radical (unpaired) electrons. The molecule has 1 aromatic rings. The summed E-state index contributed by atoms with van der Waals surface area (Å²) in [5.74, 6) is 0. The van der Waals surface area contributed by atoms with Crippen molar-refractivity contribution in [1.82, 2.24) is 0 Å². The lowest BCUT2D eigenvalue weighted by atomic mass is 10.1. The summed E-state index contributed by atoms with van der Waals surface area (Å²) in [6.45, 7) is 1.75. The molecular weight excluding hydrogens is 172 g/mol. The molecule has 0 aliphatic carbocycles. The molecule has 0 saturated heterocycles. The number of benzene rings is 1. The lowest BCUT2D eigenvalue weighted by molar-refractivity contribution is 1.42. The van der Waals surface area contributed by atoms with Crippen molar-refractivity contribution in [3.8, 4) is 0 Å². The van der Waals surface area contributed by atoms with Crippen molar-refractivity contribution >= 4 is 23.0 Å². The van der Waals surface area contributed by atoms with E-state index in [4.69, 9.17) is 17.0 Å². The molecule has 3 heteroatoms. The Kier molecular flexibility index (Phi) is 2.71. The minimum Gasteiger partial charge on any atom is -0.388 e. The summed E-state index contributed by atoms with van der Waals surface area (Å²) in [4.78, 5) is 0. The van der Waals surface area contributed by atoms with Crippen LogP contribution in [0.4, 0.5) is 5.69 Å². The second kappa shape index (κ2) is 3.59. The van der Waals surface area contributed by atoms with Crippen molar-refractivity contribution < 1.29 is 0 Å². The van der Waals surface area contributed by atoms with Crippen LogP contribution in [-0.2, 0) is 0 Å². The first kappa shape index (κ1) is 9.07. The van der Waals surface area contributed by atoms with Crippen LogP contribution in [-0.4, -0.2) is 12.8 Å². The van der Waals surface area contributed by atoms with Gasteiger partial charge in [-0.1, -0.05) is 11.6 Å². The summed E-state index contributed by atoms with van der Waals surface area (Å²) in [5, 5.41) is 11.1. The Morgan fingerprint density at radius 2 is 2.17 bits per heavy atom. The van der Waals surface area contributed by atoms with E-state index in [9.17, 15) is 0 Å². The van der Waals surface area contributed by atoms with E-state index in [1.807, 2.05) is 19.2 Å². The Hall–Kier alpha value is -1.02. The predicted molar refractivity (Wildman–Crippen MR) is 53.5 cm³/mol. The summed E-state index contributed by atoms with van der Waals surface area (Å²) < 4.78 is 0. The molecule has 1 aromatic carbocycles. The second-order valence-corrected chi connectivity index (χ2v) is 3.00. The Morgan fingerprint density at radius 1 is 1.50 bits per heavy atom. The summed E-state index contributed by atoms with van der Waals surface area (Å²) in [6, 6.07) is 5.45. The molecule has 0 spiro atoms. The van der Waals surface area contributed by atoms with Gasteiger partial charge in [-0.3, -0.25) is 0 Å². The van der Waals surface area contributed by atoms with Gasteiger partial charge in [0.2, 0.25) is 0 Å². The Balaban J connectivity index is 3.20. The van der Waals surface area contributed by atoms with Gasteiger partial charge >= 0.3 is 0 Å². The van der Waals surface area contributed by atoms with Crippen LogP contribution < -0.4 is 5.32 Å². The van der Waals surface area contributed by atoms with Gasteiger partial charge in [0.05, 0.1) is 0 Å². The van der Waals surface area contributed by atoms with Gasteiger partial charge in [-0.05, 0) is 25.1 Å². The standard InChI is InChI=1S/C9H11ClN2/c1-6(11)8-4-3-7(10)5-9(8)12-2/h3-5,11-12H,1-2H3. The fourth-order valence-corrected chi connectivity index (χ4v) is 1.22. The van der Waals surface area contributed by atoms with Crippen LogP contribution in [0.3, 0.4) is 0 Å². The molecule has 0 bridgehead atoms. The third-order valence-corrected chi connectivity index (χ3v) is 1.89. The van der Waals surface area contributed by atoms with Gasteiger partial charge in [0.15, 0.2) is 0 Å². The van der Waals surface area contributed by atoms with Crippen molar-refractivity contribution in [2.75, 3.05) is 12.4 Å². The van der Waals surface area contributed by atoms with Crippen molar-refractivity contribution in [3.05, 3.63) is 28.8 Å². The minimum atomic E-state index is 0.538. The third kappa shape index (κ3) is 1.77. The molecule has 0 aromatic heterocycles. The van der Waals surface area contributed by atoms with E-state index in [1.165, 1.54) is 0 Å². The topological polar surface area (TPSA) is 35.9 Å². The zero-order valence-electron chi connectivity index (χ0n) is 7.11. The lowest BCUT2D eigenvalue weighted by Gasteiger charge is -2.07. The number of hydrogen-bond donors (Lipinski definition) is 2. The van der Waals surface area contributed by atoms with Crippen LogP contribution in [0, 0.1) is 5.41 Å². The lowest BCUT2D eigenvalue weighted by Crippen LogP contribution is -1.99. The molecule has 0 aliphatic heterocycles. The number of rotatable bonds is 2. The van der Waals surface area contributed by atoms with Crippen LogP contribution in [0.1, 0.15) is 12.5 Å². The maximum Gasteiger partial charge on any atom is 0.0444 e. The molecule has 2 nitrogen and oxygen atoms in total. The molecule has 1 rings (SSSR count). The summed E-state index contributed by atoms with van der Waals surface area (Å²) in [6.07, 6.45) is 0. The van der Waals surface area contributed by atoms with E-state index in [0.29, 0.717) is 10.7 Å². The maximum atomic E-state index is 7.47. The second-order valence-electron chi connectivity index (χ2n) is 2.56. The van der Waals surface area contributed by atoms with Crippen LogP contribution in [0.25, 0.3) is 0 Å². The largest absolute Gasteiger partial charge is 0.388 e. The zero-order chi connectivity index (χ0) is 9.14. The quantitative estimate of drug-likeness (QED) is 0.678. The molecule has 0 unspecified atom stereocenters. The Bertz CT molecular complexity index is 307. The molecule has 0 aliphatic rings. The maximum absolute atomic E-state index is 7.47. The summed E-state index contributed by atoms with van der Waals surface area (Å²) in [7, 11) is 1.82. The molecule has 64 valence electrons. The van der Waals surface area contributed by atoms with E-state index >= 15 is 0 Å². The van der Waals surface area contributed by atoms with E-state index in [-0.39, 0.29) is 0 Å². The fraction of sp³-hybridized carbons (Fsp3) is 0.222. The van der Waals surface area contributed by atoms with Gasteiger partial charge in [-0.15, -0.1) is 0 Å². The van der Waals surface area contributed by atoms with Crippen LogP contribution in [0.15, 0.2) is 18.2 Å². The zero-order valence-corrected chi connectivity index (χ0v) is 7.87. The van der Waals surface area contributed by atoms with E-state index in [1.54, 1.807) is 13.0 Å². The van der Waals surface area contributed by atoms with Gasteiger partial charge < -0.3 is 10.7 Å². The van der Waals surface area contributed by atoms with Crippen molar-refractivity contribution in [3.63, 3.8) is 0 Å². The van der Waals surface area contributed by atoms with Crippen LogP contribution in [0.5, 0.6) is 0 Å². The van der Waals surface area contributed by atoms with Crippen LogP contribution in [0.2, 0.25) is 5.02 Å². The molecule has 0 saturated carbocycles. The Labute approximate surface area is 77.1 Å².